The van der Waals surface area contributed by atoms with Gasteiger partial charge in [-0.15, -0.1) is 0 Å². The van der Waals surface area contributed by atoms with Crippen molar-refractivity contribution in [1.82, 2.24) is 4.90 Å². The zero-order valence-corrected chi connectivity index (χ0v) is 13.1. The van der Waals surface area contributed by atoms with E-state index in [9.17, 15) is 4.39 Å². The molecular formula is C17H29FN2. The Kier molecular flexibility index (Phi) is 7.78. The number of unbranched alkanes of at least 4 members (excludes halogenated alkanes) is 1. The molecule has 0 saturated heterocycles. The number of rotatable bonds is 9. The highest BCUT2D eigenvalue weighted by Crippen LogP contribution is 2.19. The molecular weight excluding hydrogens is 251 g/mol. The fraction of sp³-hybridized carbons (Fsp3) is 0.647. The molecule has 0 fully saturated rings. The monoisotopic (exact) mass is 280 g/mol. The van der Waals surface area contributed by atoms with E-state index in [1.165, 1.54) is 18.9 Å². The Hall–Kier alpha value is -0.930. The second-order valence-electron chi connectivity index (χ2n) is 5.56. The number of nitrogens with two attached hydrogens (primary N) is 1. The summed E-state index contributed by atoms with van der Waals surface area (Å²) in [6.45, 7) is 8.71. The molecule has 0 aliphatic rings. The highest BCUT2D eigenvalue weighted by atomic mass is 19.1. The van der Waals surface area contributed by atoms with Crippen LogP contribution in [0.15, 0.2) is 24.3 Å². The first-order valence-electron chi connectivity index (χ1n) is 7.84. The number of benzene rings is 1. The molecule has 114 valence electrons. The molecule has 0 heterocycles. The van der Waals surface area contributed by atoms with Gasteiger partial charge in [-0.05, 0) is 38.8 Å². The molecule has 0 bridgehead atoms. The Morgan fingerprint density at radius 3 is 2.50 bits per heavy atom. The lowest BCUT2D eigenvalue weighted by molar-refractivity contribution is 0.193. The van der Waals surface area contributed by atoms with E-state index in [1.807, 2.05) is 6.07 Å². The average molecular weight is 280 g/mol. The number of halogens is 1. The van der Waals surface area contributed by atoms with E-state index in [0.717, 1.165) is 25.9 Å². The summed E-state index contributed by atoms with van der Waals surface area (Å²) in [4.78, 5) is 2.48. The Bertz CT molecular complexity index is 381. The molecule has 2 atom stereocenters. The van der Waals surface area contributed by atoms with Crippen molar-refractivity contribution >= 4 is 0 Å². The predicted molar refractivity (Wildman–Crippen MR) is 84.2 cm³/mol. The maximum Gasteiger partial charge on any atom is 0.127 e. The van der Waals surface area contributed by atoms with E-state index in [1.54, 1.807) is 12.1 Å². The van der Waals surface area contributed by atoms with E-state index in [4.69, 9.17) is 5.73 Å². The zero-order chi connectivity index (χ0) is 15.0. The summed E-state index contributed by atoms with van der Waals surface area (Å²) >= 11 is 0. The average Bonchev–Trinajstić information content (AvgIpc) is 2.46. The van der Waals surface area contributed by atoms with Gasteiger partial charge in [-0.2, -0.15) is 0 Å². The van der Waals surface area contributed by atoms with Crippen LogP contribution in [0.2, 0.25) is 0 Å². The van der Waals surface area contributed by atoms with Crippen LogP contribution in [-0.2, 0) is 0 Å². The first kappa shape index (κ1) is 17.1. The minimum Gasteiger partial charge on any atom is -0.324 e. The fourth-order valence-electron chi connectivity index (χ4n) is 2.41. The standard InChI is InChI=1S/C17H29FN2/c1-4-6-12-20(14(3)5-2)13-11-17(19)15-9-7-8-10-16(15)18/h7-10,14,17H,4-6,11-13,19H2,1-3H3. The minimum absolute atomic E-state index is 0.191. The largest absolute Gasteiger partial charge is 0.324 e. The summed E-state index contributed by atoms with van der Waals surface area (Å²) in [7, 11) is 0. The van der Waals surface area contributed by atoms with Gasteiger partial charge < -0.3 is 10.6 Å². The summed E-state index contributed by atoms with van der Waals surface area (Å²) < 4.78 is 13.7. The number of nitrogens with zero attached hydrogens (tertiary/aromatic N) is 1. The van der Waals surface area contributed by atoms with Crippen molar-refractivity contribution in [2.75, 3.05) is 13.1 Å². The summed E-state index contributed by atoms with van der Waals surface area (Å²) in [5, 5.41) is 0. The molecule has 2 unspecified atom stereocenters. The van der Waals surface area contributed by atoms with Gasteiger partial charge in [0.2, 0.25) is 0 Å². The molecule has 1 aromatic carbocycles. The van der Waals surface area contributed by atoms with Crippen molar-refractivity contribution in [2.45, 2.75) is 58.5 Å². The lowest BCUT2D eigenvalue weighted by Gasteiger charge is -2.29. The molecule has 2 N–H and O–H groups in total. The molecule has 0 aliphatic heterocycles. The first-order chi connectivity index (χ1) is 9.60. The predicted octanol–water partition coefficient (Wildman–Crippen LogP) is 4.12. The second-order valence-corrected chi connectivity index (χ2v) is 5.56. The van der Waals surface area contributed by atoms with Crippen LogP contribution in [0.5, 0.6) is 0 Å². The first-order valence-corrected chi connectivity index (χ1v) is 7.84. The van der Waals surface area contributed by atoms with Crippen LogP contribution in [0.3, 0.4) is 0 Å². The van der Waals surface area contributed by atoms with Gasteiger partial charge in [0.15, 0.2) is 0 Å². The molecule has 3 heteroatoms. The van der Waals surface area contributed by atoms with Crippen molar-refractivity contribution in [3.63, 3.8) is 0 Å². The quantitative estimate of drug-likeness (QED) is 0.737. The Balaban J connectivity index is 2.55. The molecule has 0 amide bonds. The molecule has 0 radical (unpaired) electrons. The van der Waals surface area contributed by atoms with Crippen molar-refractivity contribution in [2.24, 2.45) is 5.73 Å². The van der Waals surface area contributed by atoms with Gasteiger partial charge in [0, 0.05) is 24.2 Å². The highest BCUT2D eigenvalue weighted by Gasteiger charge is 2.15. The normalized spacial score (nSPS) is 14.5. The third-order valence-corrected chi connectivity index (χ3v) is 4.05. The van der Waals surface area contributed by atoms with Gasteiger partial charge in [0.25, 0.3) is 0 Å². The smallest absolute Gasteiger partial charge is 0.127 e. The zero-order valence-electron chi connectivity index (χ0n) is 13.1. The van der Waals surface area contributed by atoms with Gasteiger partial charge in [-0.3, -0.25) is 0 Å². The van der Waals surface area contributed by atoms with E-state index < -0.39 is 0 Å². The summed E-state index contributed by atoms with van der Waals surface area (Å²) in [6, 6.07) is 7.18. The Labute approximate surface area is 123 Å². The molecule has 1 rings (SSSR count). The van der Waals surface area contributed by atoms with Gasteiger partial charge >= 0.3 is 0 Å². The molecule has 0 spiro atoms. The maximum absolute atomic E-state index is 13.7. The molecule has 1 aromatic rings. The van der Waals surface area contributed by atoms with Crippen LogP contribution in [0.4, 0.5) is 4.39 Å². The molecule has 0 saturated carbocycles. The fourth-order valence-corrected chi connectivity index (χ4v) is 2.41. The minimum atomic E-state index is -0.218. The highest BCUT2D eigenvalue weighted by molar-refractivity contribution is 5.20. The van der Waals surface area contributed by atoms with Crippen LogP contribution in [-0.4, -0.2) is 24.0 Å². The number of hydrogen-bond donors (Lipinski definition) is 1. The topological polar surface area (TPSA) is 29.3 Å². The van der Waals surface area contributed by atoms with E-state index >= 15 is 0 Å². The SMILES string of the molecule is CCCCN(CCC(N)c1ccccc1F)C(C)CC. The van der Waals surface area contributed by atoms with Crippen molar-refractivity contribution in [1.29, 1.82) is 0 Å². The summed E-state index contributed by atoms with van der Waals surface area (Å²) in [6.07, 6.45) is 4.35. The molecule has 0 aromatic heterocycles. The maximum atomic E-state index is 13.7. The van der Waals surface area contributed by atoms with E-state index in [-0.39, 0.29) is 11.9 Å². The third kappa shape index (κ3) is 5.22. The van der Waals surface area contributed by atoms with Crippen LogP contribution in [0.25, 0.3) is 0 Å². The van der Waals surface area contributed by atoms with Gasteiger partial charge in [-0.25, -0.2) is 4.39 Å². The van der Waals surface area contributed by atoms with E-state index in [2.05, 4.69) is 25.7 Å². The molecule has 0 aliphatic carbocycles. The van der Waals surface area contributed by atoms with E-state index in [0.29, 0.717) is 11.6 Å². The molecule has 2 nitrogen and oxygen atoms in total. The summed E-state index contributed by atoms with van der Waals surface area (Å²) in [5.74, 6) is -0.191. The van der Waals surface area contributed by atoms with Gasteiger partial charge in [0.1, 0.15) is 5.82 Å². The Morgan fingerprint density at radius 1 is 1.20 bits per heavy atom. The Morgan fingerprint density at radius 2 is 1.90 bits per heavy atom. The lowest BCUT2D eigenvalue weighted by atomic mass is 10.0. The van der Waals surface area contributed by atoms with Crippen molar-refractivity contribution in [3.8, 4) is 0 Å². The van der Waals surface area contributed by atoms with Crippen LogP contribution >= 0.6 is 0 Å². The second kappa shape index (κ2) is 9.09. The lowest BCUT2D eigenvalue weighted by Crippen LogP contribution is -2.35. The van der Waals surface area contributed by atoms with Crippen LogP contribution in [0, 0.1) is 5.82 Å². The number of hydrogen-bond acceptors (Lipinski definition) is 2. The van der Waals surface area contributed by atoms with Crippen molar-refractivity contribution < 1.29 is 4.39 Å². The van der Waals surface area contributed by atoms with Gasteiger partial charge in [-0.1, -0.05) is 38.5 Å². The molecule has 20 heavy (non-hydrogen) atoms. The van der Waals surface area contributed by atoms with Crippen LogP contribution < -0.4 is 5.73 Å². The summed E-state index contributed by atoms with van der Waals surface area (Å²) in [5.41, 5.74) is 6.78. The van der Waals surface area contributed by atoms with Crippen molar-refractivity contribution in [3.05, 3.63) is 35.6 Å². The van der Waals surface area contributed by atoms with Gasteiger partial charge in [0.05, 0.1) is 0 Å². The third-order valence-electron chi connectivity index (χ3n) is 4.05. The van der Waals surface area contributed by atoms with Crippen LogP contribution in [0.1, 0.15) is 58.1 Å².